The van der Waals surface area contributed by atoms with E-state index in [9.17, 15) is 0 Å². The predicted octanol–water partition coefficient (Wildman–Crippen LogP) is 4.75. The number of likely N-dealkylation sites (N-methyl/N-ethyl adjacent to an activating group) is 1. The standard InChI is InChI=1S/C18H31ClN2/c1-13(2)17(12-20-18(4,5)6)21(7)14(3)15-9-8-10-16(19)11-15/h8-11,13-14,17,20H,12H2,1-7H3. The van der Waals surface area contributed by atoms with E-state index >= 15 is 0 Å². The van der Waals surface area contributed by atoms with Gasteiger partial charge in [0, 0.05) is 29.2 Å². The minimum absolute atomic E-state index is 0.146. The van der Waals surface area contributed by atoms with E-state index in [1.165, 1.54) is 5.56 Å². The predicted molar refractivity (Wildman–Crippen MR) is 94.0 cm³/mol. The Morgan fingerprint density at radius 2 is 1.81 bits per heavy atom. The summed E-state index contributed by atoms with van der Waals surface area (Å²) in [5.41, 5.74) is 1.42. The summed E-state index contributed by atoms with van der Waals surface area (Å²) in [6.45, 7) is 14.5. The van der Waals surface area contributed by atoms with E-state index in [0.717, 1.165) is 11.6 Å². The van der Waals surface area contributed by atoms with Gasteiger partial charge in [0.2, 0.25) is 0 Å². The van der Waals surface area contributed by atoms with Crippen LogP contribution in [0.5, 0.6) is 0 Å². The zero-order valence-electron chi connectivity index (χ0n) is 14.6. The molecule has 0 aliphatic rings. The zero-order chi connectivity index (χ0) is 16.2. The number of hydrogen-bond donors (Lipinski definition) is 1. The molecule has 0 aromatic heterocycles. The van der Waals surface area contributed by atoms with Crippen molar-refractivity contribution in [2.24, 2.45) is 5.92 Å². The van der Waals surface area contributed by atoms with Crippen molar-refractivity contribution in [3.05, 3.63) is 34.9 Å². The van der Waals surface area contributed by atoms with Gasteiger partial charge in [0.05, 0.1) is 0 Å². The second kappa shape index (κ2) is 7.62. The molecule has 0 aliphatic heterocycles. The fourth-order valence-corrected chi connectivity index (χ4v) is 2.75. The molecule has 0 amide bonds. The van der Waals surface area contributed by atoms with Crippen LogP contribution in [0, 0.1) is 5.92 Å². The Labute approximate surface area is 135 Å². The Kier molecular flexibility index (Phi) is 6.71. The Balaban J connectivity index is 2.82. The third-order valence-corrected chi connectivity index (χ3v) is 4.31. The molecular formula is C18H31ClN2. The lowest BCUT2D eigenvalue weighted by molar-refractivity contribution is 0.134. The van der Waals surface area contributed by atoms with Crippen molar-refractivity contribution >= 4 is 11.6 Å². The molecule has 21 heavy (non-hydrogen) atoms. The quantitative estimate of drug-likeness (QED) is 0.816. The molecule has 0 fully saturated rings. The Bertz CT molecular complexity index is 437. The maximum Gasteiger partial charge on any atom is 0.0409 e. The van der Waals surface area contributed by atoms with Gasteiger partial charge in [-0.15, -0.1) is 0 Å². The number of hydrogen-bond acceptors (Lipinski definition) is 2. The van der Waals surface area contributed by atoms with Crippen LogP contribution >= 0.6 is 11.6 Å². The van der Waals surface area contributed by atoms with Gasteiger partial charge in [-0.25, -0.2) is 0 Å². The third kappa shape index (κ3) is 5.98. The van der Waals surface area contributed by atoms with Crippen molar-refractivity contribution < 1.29 is 0 Å². The van der Waals surface area contributed by atoms with E-state index in [0.29, 0.717) is 18.0 Å². The summed E-state index contributed by atoms with van der Waals surface area (Å²) in [7, 11) is 2.21. The number of rotatable bonds is 6. The Hall–Kier alpha value is -0.570. The minimum atomic E-state index is 0.146. The molecule has 0 spiro atoms. The minimum Gasteiger partial charge on any atom is -0.311 e. The van der Waals surface area contributed by atoms with E-state index in [1.54, 1.807) is 0 Å². The molecule has 0 radical (unpaired) electrons. The number of benzene rings is 1. The van der Waals surface area contributed by atoms with Crippen molar-refractivity contribution in [2.75, 3.05) is 13.6 Å². The molecular weight excluding hydrogens is 280 g/mol. The van der Waals surface area contributed by atoms with Crippen molar-refractivity contribution in [1.29, 1.82) is 0 Å². The maximum absolute atomic E-state index is 6.13. The van der Waals surface area contributed by atoms with E-state index in [4.69, 9.17) is 11.6 Å². The summed E-state index contributed by atoms with van der Waals surface area (Å²) in [5, 5.41) is 4.44. The molecule has 0 heterocycles. The molecule has 1 N–H and O–H groups in total. The molecule has 1 aromatic rings. The average Bonchev–Trinajstić information content (AvgIpc) is 2.36. The highest BCUT2D eigenvalue weighted by Crippen LogP contribution is 2.25. The second-order valence-corrected chi connectivity index (χ2v) is 7.78. The van der Waals surface area contributed by atoms with Gasteiger partial charge in [0.25, 0.3) is 0 Å². The van der Waals surface area contributed by atoms with Gasteiger partial charge in [-0.2, -0.15) is 0 Å². The molecule has 0 saturated heterocycles. The van der Waals surface area contributed by atoms with Crippen molar-refractivity contribution in [3.8, 4) is 0 Å². The van der Waals surface area contributed by atoms with Crippen LogP contribution in [-0.4, -0.2) is 30.1 Å². The van der Waals surface area contributed by atoms with Crippen LogP contribution in [0.25, 0.3) is 0 Å². The highest BCUT2D eigenvalue weighted by molar-refractivity contribution is 6.30. The summed E-state index contributed by atoms with van der Waals surface area (Å²) in [6, 6.07) is 9.01. The second-order valence-electron chi connectivity index (χ2n) is 7.34. The van der Waals surface area contributed by atoms with Gasteiger partial charge >= 0.3 is 0 Å². The summed E-state index contributed by atoms with van der Waals surface area (Å²) in [5.74, 6) is 0.589. The van der Waals surface area contributed by atoms with Crippen molar-refractivity contribution in [3.63, 3.8) is 0 Å². The highest BCUT2D eigenvalue weighted by Gasteiger charge is 2.25. The van der Waals surface area contributed by atoms with Gasteiger partial charge in [0.1, 0.15) is 0 Å². The van der Waals surface area contributed by atoms with Crippen LogP contribution in [0.4, 0.5) is 0 Å². The van der Waals surface area contributed by atoms with Gasteiger partial charge in [-0.05, 0) is 58.4 Å². The normalized spacial score (nSPS) is 15.5. The topological polar surface area (TPSA) is 15.3 Å². The summed E-state index contributed by atoms with van der Waals surface area (Å²) in [4.78, 5) is 2.45. The highest BCUT2D eigenvalue weighted by atomic mass is 35.5. The summed E-state index contributed by atoms with van der Waals surface area (Å²) >= 11 is 6.13. The maximum atomic E-state index is 6.13. The Morgan fingerprint density at radius 1 is 1.19 bits per heavy atom. The third-order valence-electron chi connectivity index (χ3n) is 4.08. The van der Waals surface area contributed by atoms with Gasteiger partial charge in [-0.3, -0.25) is 4.90 Å². The molecule has 3 heteroatoms. The van der Waals surface area contributed by atoms with Crippen LogP contribution < -0.4 is 5.32 Å². The largest absolute Gasteiger partial charge is 0.311 e. The van der Waals surface area contributed by atoms with Crippen LogP contribution in [0.3, 0.4) is 0 Å². The SMILES string of the molecule is CC(C)C(CNC(C)(C)C)N(C)C(C)c1cccc(Cl)c1. The molecule has 1 aromatic carbocycles. The summed E-state index contributed by atoms with van der Waals surface area (Å²) < 4.78 is 0. The number of nitrogens with zero attached hydrogens (tertiary/aromatic N) is 1. The zero-order valence-corrected chi connectivity index (χ0v) is 15.3. The first-order valence-electron chi connectivity index (χ1n) is 7.84. The van der Waals surface area contributed by atoms with Crippen LogP contribution in [0.1, 0.15) is 53.1 Å². The Morgan fingerprint density at radius 3 is 2.29 bits per heavy atom. The monoisotopic (exact) mass is 310 g/mol. The molecule has 0 aliphatic carbocycles. The molecule has 2 nitrogen and oxygen atoms in total. The van der Waals surface area contributed by atoms with Crippen LogP contribution in [0.15, 0.2) is 24.3 Å². The van der Waals surface area contributed by atoms with E-state index < -0.39 is 0 Å². The van der Waals surface area contributed by atoms with E-state index in [-0.39, 0.29) is 5.54 Å². The lowest BCUT2D eigenvalue weighted by Gasteiger charge is -2.38. The fourth-order valence-electron chi connectivity index (χ4n) is 2.55. The van der Waals surface area contributed by atoms with Crippen molar-refractivity contribution in [2.45, 2.75) is 59.2 Å². The fraction of sp³-hybridized carbons (Fsp3) is 0.667. The molecule has 0 saturated carbocycles. The van der Waals surface area contributed by atoms with Crippen LogP contribution in [-0.2, 0) is 0 Å². The smallest absolute Gasteiger partial charge is 0.0409 e. The molecule has 0 bridgehead atoms. The molecule has 1 rings (SSSR count). The van der Waals surface area contributed by atoms with Gasteiger partial charge in [-0.1, -0.05) is 37.6 Å². The molecule has 2 atom stereocenters. The van der Waals surface area contributed by atoms with E-state index in [1.807, 2.05) is 12.1 Å². The molecule has 2 unspecified atom stereocenters. The first kappa shape index (κ1) is 18.5. The lowest BCUT2D eigenvalue weighted by Crippen LogP contribution is -2.49. The van der Waals surface area contributed by atoms with Crippen LogP contribution in [0.2, 0.25) is 5.02 Å². The lowest BCUT2D eigenvalue weighted by atomic mass is 9.97. The molecule has 120 valence electrons. The van der Waals surface area contributed by atoms with Crippen molar-refractivity contribution in [1.82, 2.24) is 10.2 Å². The van der Waals surface area contributed by atoms with Gasteiger partial charge < -0.3 is 5.32 Å². The number of nitrogens with one attached hydrogen (secondary N) is 1. The van der Waals surface area contributed by atoms with E-state index in [2.05, 4.69) is 70.9 Å². The summed E-state index contributed by atoms with van der Waals surface area (Å²) in [6.07, 6.45) is 0. The average molecular weight is 311 g/mol. The first-order valence-corrected chi connectivity index (χ1v) is 8.22. The van der Waals surface area contributed by atoms with Gasteiger partial charge in [0.15, 0.2) is 0 Å². The first-order chi connectivity index (χ1) is 9.61. The number of halogens is 1.